The van der Waals surface area contributed by atoms with Crippen LogP contribution in [0.15, 0.2) is 58.8 Å². The van der Waals surface area contributed by atoms with Gasteiger partial charge in [-0.2, -0.15) is 0 Å². The van der Waals surface area contributed by atoms with Crippen LogP contribution in [0.2, 0.25) is 0 Å². The van der Waals surface area contributed by atoms with Gasteiger partial charge in [0, 0.05) is 23.7 Å². The molecule has 4 aromatic rings. The molecule has 1 aromatic carbocycles. The summed E-state index contributed by atoms with van der Waals surface area (Å²) < 4.78 is 34.6. The first kappa shape index (κ1) is 22.4. The summed E-state index contributed by atoms with van der Waals surface area (Å²) in [5, 5.41) is 3.74. The summed E-state index contributed by atoms with van der Waals surface area (Å²) in [6, 6.07) is 9.90. The Morgan fingerprint density at radius 3 is 2.68 bits per heavy atom. The number of hydrogen-bond acceptors (Lipinski definition) is 6. The standard InChI is InChI=1S/C24H27N5O4S/c1-24(2,3)33-23(30)27-15-9-10-16(13-15)29-20-18-11-12-25-21(18)26-14-19(20)28-22(29)34(31,32)17-7-5-4-6-8-17/h4-8,11-12,14-16H,9-10,13H2,1-3H3,(H,25,26)(H,27,30). The largest absolute Gasteiger partial charge is 0.444 e. The summed E-state index contributed by atoms with van der Waals surface area (Å²) in [6.45, 7) is 5.45. The smallest absolute Gasteiger partial charge is 0.407 e. The summed E-state index contributed by atoms with van der Waals surface area (Å²) in [5.74, 6) is 0. The van der Waals surface area contributed by atoms with E-state index in [1.807, 2.05) is 31.4 Å². The number of nitrogens with one attached hydrogen (secondary N) is 2. The number of nitrogens with zero attached hydrogens (tertiary/aromatic N) is 3. The molecule has 1 aliphatic rings. The molecule has 2 atom stereocenters. The third-order valence-corrected chi connectivity index (χ3v) is 7.65. The van der Waals surface area contributed by atoms with Crippen LogP contribution in [0.3, 0.4) is 0 Å². The van der Waals surface area contributed by atoms with Crippen LogP contribution in [0, 0.1) is 0 Å². The number of carbonyl (C=O) groups is 1. The minimum Gasteiger partial charge on any atom is -0.444 e. The number of H-pyrrole nitrogens is 1. The molecule has 1 fully saturated rings. The first-order chi connectivity index (χ1) is 16.1. The van der Waals surface area contributed by atoms with E-state index < -0.39 is 21.5 Å². The molecule has 3 heterocycles. The van der Waals surface area contributed by atoms with Crippen molar-refractivity contribution in [2.45, 2.75) is 67.8 Å². The van der Waals surface area contributed by atoms with Gasteiger partial charge in [0.05, 0.1) is 16.6 Å². The van der Waals surface area contributed by atoms with Gasteiger partial charge in [-0.05, 0) is 58.2 Å². The van der Waals surface area contributed by atoms with Crippen LogP contribution in [-0.2, 0) is 14.6 Å². The lowest BCUT2D eigenvalue weighted by molar-refractivity contribution is 0.0504. The Balaban J connectivity index is 1.58. The molecule has 2 unspecified atom stereocenters. The van der Waals surface area contributed by atoms with Crippen LogP contribution in [0.5, 0.6) is 0 Å². The maximum absolute atomic E-state index is 13.7. The molecule has 0 aliphatic heterocycles. The molecule has 10 heteroatoms. The highest BCUT2D eigenvalue weighted by molar-refractivity contribution is 7.91. The number of imidazole rings is 1. The van der Waals surface area contributed by atoms with E-state index in [2.05, 4.69) is 20.3 Å². The van der Waals surface area contributed by atoms with E-state index in [1.165, 1.54) is 0 Å². The average molecular weight is 482 g/mol. The molecule has 0 bridgehead atoms. The van der Waals surface area contributed by atoms with Crippen molar-refractivity contribution in [1.82, 2.24) is 24.8 Å². The number of fused-ring (bicyclic) bond motifs is 3. The van der Waals surface area contributed by atoms with Crippen LogP contribution in [0.25, 0.3) is 22.1 Å². The monoisotopic (exact) mass is 481 g/mol. The number of aromatic nitrogens is 4. The SMILES string of the molecule is CC(C)(C)OC(=O)NC1CCC(n2c(S(=O)(=O)c3ccccc3)nc3cnc4[nH]ccc4c32)C1. The van der Waals surface area contributed by atoms with Gasteiger partial charge in [0.2, 0.25) is 15.0 Å². The van der Waals surface area contributed by atoms with Crippen LogP contribution < -0.4 is 5.32 Å². The number of ether oxygens (including phenoxy) is 1. The molecule has 0 radical (unpaired) electrons. The Bertz CT molecular complexity index is 1470. The van der Waals surface area contributed by atoms with E-state index in [-0.39, 0.29) is 22.1 Å². The molecule has 178 valence electrons. The third kappa shape index (κ3) is 4.02. The lowest BCUT2D eigenvalue weighted by Crippen LogP contribution is -2.38. The number of pyridine rings is 1. The maximum Gasteiger partial charge on any atom is 0.407 e. The van der Waals surface area contributed by atoms with Crippen molar-refractivity contribution in [3.05, 3.63) is 48.8 Å². The summed E-state index contributed by atoms with van der Waals surface area (Å²) >= 11 is 0. The lowest BCUT2D eigenvalue weighted by atomic mass is 10.2. The van der Waals surface area contributed by atoms with Crippen LogP contribution in [-0.4, -0.2) is 45.7 Å². The van der Waals surface area contributed by atoms with Gasteiger partial charge in [0.15, 0.2) is 0 Å². The van der Waals surface area contributed by atoms with Gasteiger partial charge in [-0.25, -0.2) is 23.2 Å². The van der Waals surface area contributed by atoms with Crippen LogP contribution in [0.4, 0.5) is 4.79 Å². The highest BCUT2D eigenvalue weighted by Crippen LogP contribution is 2.38. The molecular weight excluding hydrogens is 454 g/mol. The average Bonchev–Trinajstić information content (AvgIpc) is 3.50. The molecule has 1 aliphatic carbocycles. The second-order valence-corrected chi connectivity index (χ2v) is 11.5. The lowest BCUT2D eigenvalue weighted by Gasteiger charge is -2.22. The van der Waals surface area contributed by atoms with Gasteiger partial charge in [-0.15, -0.1) is 0 Å². The highest BCUT2D eigenvalue weighted by atomic mass is 32.2. The number of carbonyl (C=O) groups excluding carboxylic acids is 1. The van der Waals surface area contributed by atoms with Crippen molar-refractivity contribution in [2.24, 2.45) is 0 Å². The summed E-state index contributed by atoms with van der Waals surface area (Å²) in [5.41, 5.74) is 1.32. The zero-order valence-electron chi connectivity index (χ0n) is 19.3. The van der Waals surface area contributed by atoms with E-state index in [4.69, 9.17) is 4.74 Å². The van der Waals surface area contributed by atoms with Crippen LogP contribution >= 0.6 is 0 Å². The molecule has 0 saturated heterocycles. The van der Waals surface area contributed by atoms with Crippen molar-refractivity contribution in [1.29, 1.82) is 0 Å². The molecule has 1 amide bonds. The summed E-state index contributed by atoms with van der Waals surface area (Å²) in [6.07, 6.45) is 4.87. The zero-order valence-corrected chi connectivity index (χ0v) is 20.1. The van der Waals surface area contributed by atoms with E-state index in [0.717, 1.165) is 10.9 Å². The second kappa shape index (κ2) is 8.12. The molecule has 2 N–H and O–H groups in total. The molecule has 9 nitrogen and oxygen atoms in total. The predicted octanol–water partition coefficient (Wildman–Crippen LogP) is 4.36. The minimum absolute atomic E-state index is 0.00730. The first-order valence-corrected chi connectivity index (χ1v) is 12.8. The Morgan fingerprint density at radius 2 is 1.94 bits per heavy atom. The van der Waals surface area contributed by atoms with Gasteiger partial charge in [-0.1, -0.05) is 18.2 Å². The number of rotatable bonds is 4. The van der Waals surface area contributed by atoms with Crippen molar-refractivity contribution >= 4 is 38.0 Å². The molecule has 1 saturated carbocycles. The molecule has 5 rings (SSSR count). The Morgan fingerprint density at radius 1 is 1.18 bits per heavy atom. The van der Waals surface area contributed by atoms with Gasteiger partial charge in [0.1, 0.15) is 16.8 Å². The number of alkyl carbamates (subject to hydrolysis) is 1. The van der Waals surface area contributed by atoms with Crippen LogP contribution in [0.1, 0.15) is 46.1 Å². The Hall–Kier alpha value is -3.40. The predicted molar refractivity (Wildman–Crippen MR) is 127 cm³/mol. The molecule has 34 heavy (non-hydrogen) atoms. The Kier molecular flexibility index (Phi) is 5.35. The molecule has 0 spiro atoms. The molecule has 3 aromatic heterocycles. The summed E-state index contributed by atoms with van der Waals surface area (Å²) in [7, 11) is -3.88. The Labute approximate surface area is 197 Å². The van der Waals surface area contributed by atoms with Crippen molar-refractivity contribution in [3.8, 4) is 0 Å². The van der Waals surface area contributed by atoms with E-state index in [1.54, 1.807) is 42.7 Å². The summed E-state index contributed by atoms with van der Waals surface area (Å²) in [4.78, 5) is 24.5. The highest BCUT2D eigenvalue weighted by Gasteiger charge is 2.35. The van der Waals surface area contributed by atoms with Crippen molar-refractivity contribution in [2.75, 3.05) is 0 Å². The van der Waals surface area contributed by atoms with Gasteiger partial charge < -0.3 is 19.6 Å². The fourth-order valence-corrected chi connectivity index (χ4v) is 6.05. The minimum atomic E-state index is -3.88. The van der Waals surface area contributed by atoms with Gasteiger partial charge in [0.25, 0.3) is 0 Å². The second-order valence-electron chi connectivity index (χ2n) is 9.62. The zero-order chi connectivity index (χ0) is 24.1. The first-order valence-electron chi connectivity index (χ1n) is 11.3. The van der Waals surface area contributed by atoms with E-state index in [9.17, 15) is 13.2 Å². The maximum atomic E-state index is 13.7. The van der Waals surface area contributed by atoms with Crippen molar-refractivity contribution in [3.63, 3.8) is 0 Å². The van der Waals surface area contributed by atoms with E-state index in [0.29, 0.717) is 30.4 Å². The van der Waals surface area contributed by atoms with E-state index >= 15 is 0 Å². The van der Waals surface area contributed by atoms with Gasteiger partial charge in [-0.3, -0.25) is 0 Å². The quantitative estimate of drug-likeness (QED) is 0.447. The fourth-order valence-electron chi connectivity index (χ4n) is 4.60. The number of hydrogen-bond donors (Lipinski definition) is 2. The topological polar surface area (TPSA) is 119 Å². The third-order valence-electron chi connectivity index (χ3n) is 5.99. The molecular formula is C24H27N5O4S. The normalized spacial score (nSPS) is 19.0. The number of sulfone groups is 1. The fraction of sp³-hybridized carbons (Fsp3) is 0.375. The van der Waals surface area contributed by atoms with Gasteiger partial charge >= 0.3 is 6.09 Å². The van der Waals surface area contributed by atoms with Crippen molar-refractivity contribution < 1.29 is 17.9 Å². The number of amides is 1. The number of benzene rings is 1. The number of aromatic amines is 1.